The van der Waals surface area contributed by atoms with Crippen molar-refractivity contribution >= 4 is 17.7 Å². The molecule has 3 nitrogen and oxygen atoms in total. The van der Waals surface area contributed by atoms with Gasteiger partial charge in [-0.15, -0.1) is 0 Å². The molecule has 0 radical (unpaired) electrons. The van der Waals surface area contributed by atoms with Gasteiger partial charge in [0.25, 0.3) is 0 Å². The fourth-order valence-electron chi connectivity index (χ4n) is 4.85. The largest absolute Gasteiger partial charge is 0.324 e. The van der Waals surface area contributed by atoms with Gasteiger partial charge in [-0.25, -0.2) is 0 Å². The van der Waals surface area contributed by atoms with Crippen LogP contribution in [0.4, 0.5) is 0 Å². The van der Waals surface area contributed by atoms with E-state index in [-0.39, 0.29) is 5.54 Å². The first-order valence-corrected chi connectivity index (χ1v) is 10.0. The van der Waals surface area contributed by atoms with Crippen molar-refractivity contribution in [2.24, 2.45) is 5.92 Å². The lowest BCUT2D eigenvalue weighted by Crippen LogP contribution is -2.46. The molecule has 1 unspecified atom stereocenters. The van der Waals surface area contributed by atoms with Crippen LogP contribution in [-0.2, 0) is 4.79 Å². The van der Waals surface area contributed by atoms with E-state index in [9.17, 15) is 4.79 Å². The van der Waals surface area contributed by atoms with E-state index >= 15 is 0 Å². The molecule has 1 heterocycles. The Morgan fingerprint density at radius 2 is 1.81 bits per heavy atom. The zero-order chi connectivity index (χ0) is 14.5. The molecule has 3 aliphatic carbocycles. The smallest absolute Gasteiger partial charge is 0.244 e. The van der Waals surface area contributed by atoms with Gasteiger partial charge in [0.1, 0.15) is 0 Å². The summed E-state index contributed by atoms with van der Waals surface area (Å²) in [5, 5.41) is 3.85. The third kappa shape index (κ3) is 2.33. The van der Waals surface area contributed by atoms with Crippen molar-refractivity contribution in [1.29, 1.82) is 0 Å². The zero-order valence-electron chi connectivity index (χ0n) is 13.2. The third-order valence-electron chi connectivity index (χ3n) is 6.43. The van der Waals surface area contributed by atoms with Crippen LogP contribution in [0.5, 0.6) is 0 Å². The number of carbonyl (C=O) groups is 1. The minimum atomic E-state index is -0.179. The Hall–Kier alpha value is -0.220. The molecule has 0 aromatic carbocycles. The van der Waals surface area contributed by atoms with Gasteiger partial charge in [-0.05, 0) is 50.7 Å². The highest BCUT2D eigenvalue weighted by Crippen LogP contribution is 2.50. The molecule has 1 saturated heterocycles. The minimum Gasteiger partial charge on any atom is -0.324 e. The van der Waals surface area contributed by atoms with Crippen molar-refractivity contribution < 1.29 is 4.79 Å². The van der Waals surface area contributed by atoms with Crippen LogP contribution >= 0.6 is 11.8 Å². The average Bonchev–Trinajstić information content (AvgIpc) is 2.90. The Labute approximate surface area is 132 Å². The summed E-state index contributed by atoms with van der Waals surface area (Å²) in [6.45, 7) is 0.989. The number of hydrogen-bond donors (Lipinski definition) is 1. The van der Waals surface area contributed by atoms with Crippen molar-refractivity contribution in [3.63, 3.8) is 0 Å². The molecule has 1 amide bonds. The van der Waals surface area contributed by atoms with Gasteiger partial charge in [-0.1, -0.05) is 25.7 Å². The maximum absolute atomic E-state index is 13.2. The van der Waals surface area contributed by atoms with E-state index in [1.165, 1.54) is 51.4 Å². The minimum absolute atomic E-state index is 0.179. The third-order valence-corrected chi connectivity index (χ3v) is 7.84. The fraction of sp³-hybridized carbons (Fsp3) is 0.941. The lowest BCUT2D eigenvalue weighted by Gasteiger charge is -2.31. The first kappa shape index (κ1) is 14.4. The maximum atomic E-state index is 13.2. The van der Waals surface area contributed by atoms with Crippen molar-refractivity contribution in [2.45, 2.75) is 80.7 Å². The first-order chi connectivity index (χ1) is 10.2. The molecule has 3 saturated carbocycles. The van der Waals surface area contributed by atoms with Crippen molar-refractivity contribution in [1.82, 2.24) is 10.2 Å². The number of amides is 1. The lowest BCUT2D eigenvalue weighted by atomic mass is 9.97. The van der Waals surface area contributed by atoms with Gasteiger partial charge in [0.15, 0.2) is 0 Å². The van der Waals surface area contributed by atoms with Crippen molar-refractivity contribution in [2.75, 3.05) is 12.8 Å². The van der Waals surface area contributed by atoms with Gasteiger partial charge >= 0.3 is 0 Å². The predicted octanol–water partition coefficient (Wildman–Crippen LogP) is 3.14. The summed E-state index contributed by atoms with van der Waals surface area (Å²) < 4.78 is 0.387. The molecule has 0 aromatic heterocycles. The highest BCUT2D eigenvalue weighted by atomic mass is 32.2. The summed E-state index contributed by atoms with van der Waals surface area (Å²) in [7, 11) is 0. The molecule has 1 atom stereocenters. The van der Waals surface area contributed by atoms with Crippen molar-refractivity contribution in [3.05, 3.63) is 0 Å². The zero-order valence-corrected chi connectivity index (χ0v) is 14.0. The average molecular weight is 308 g/mol. The summed E-state index contributed by atoms with van der Waals surface area (Å²) >= 11 is 1.98. The van der Waals surface area contributed by atoms with E-state index < -0.39 is 0 Å². The van der Waals surface area contributed by atoms with Gasteiger partial charge < -0.3 is 4.90 Å². The van der Waals surface area contributed by atoms with Gasteiger partial charge in [0, 0.05) is 11.3 Å². The molecular weight excluding hydrogens is 280 g/mol. The summed E-state index contributed by atoms with van der Waals surface area (Å²) in [4.78, 5) is 15.5. The Morgan fingerprint density at radius 1 is 1.14 bits per heavy atom. The van der Waals surface area contributed by atoms with Gasteiger partial charge in [-0.3, -0.25) is 10.1 Å². The summed E-state index contributed by atoms with van der Waals surface area (Å²) in [5.41, 5.74) is -0.179. The second-order valence-corrected chi connectivity index (χ2v) is 9.02. The quantitative estimate of drug-likeness (QED) is 0.866. The standard InChI is InChI=1S/C17H28N2OS/c1-21-16(10-11-16)12-19-14(13-6-2-3-7-13)18-17(15(19)20)8-4-5-9-17/h13-14,18H,2-12H2,1H3. The lowest BCUT2D eigenvalue weighted by molar-refractivity contribution is -0.133. The highest BCUT2D eigenvalue weighted by molar-refractivity contribution is 8.00. The molecule has 21 heavy (non-hydrogen) atoms. The van der Waals surface area contributed by atoms with E-state index in [0.717, 1.165) is 19.4 Å². The molecule has 0 aromatic rings. The van der Waals surface area contributed by atoms with Crippen LogP contribution in [0, 0.1) is 5.92 Å². The van der Waals surface area contributed by atoms with Crippen LogP contribution in [0.25, 0.3) is 0 Å². The number of rotatable bonds is 4. The van der Waals surface area contributed by atoms with E-state index in [0.29, 0.717) is 22.7 Å². The van der Waals surface area contributed by atoms with Crippen LogP contribution in [-0.4, -0.2) is 40.1 Å². The first-order valence-electron chi connectivity index (χ1n) is 8.82. The molecule has 4 rings (SSSR count). The van der Waals surface area contributed by atoms with Crippen LogP contribution in [0.3, 0.4) is 0 Å². The van der Waals surface area contributed by atoms with Gasteiger partial charge in [0.2, 0.25) is 5.91 Å². The van der Waals surface area contributed by atoms with E-state index in [4.69, 9.17) is 0 Å². The number of carbonyl (C=O) groups excluding carboxylic acids is 1. The molecule has 4 heteroatoms. The normalized spacial score (nSPS) is 34.2. The SMILES string of the molecule is CSC1(CN2C(=O)C3(CCCC3)NC2C2CCCC2)CC1. The molecule has 4 fully saturated rings. The monoisotopic (exact) mass is 308 g/mol. The van der Waals surface area contributed by atoms with E-state index in [1.54, 1.807) is 0 Å². The van der Waals surface area contributed by atoms with Crippen LogP contribution in [0.2, 0.25) is 0 Å². The van der Waals surface area contributed by atoms with Crippen LogP contribution < -0.4 is 5.32 Å². The van der Waals surface area contributed by atoms with Crippen LogP contribution in [0.1, 0.15) is 64.2 Å². The van der Waals surface area contributed by atoms with E-state index in [2.05, 4.69) is 16.5 Å². The van der Waals surface area contributed by atoms with Crippen LogP contribution in [0.15, 0.2) is 0 Å². The van der Waals surface area contributed by atoms with Gasteiger partial charge in [0.05, 0.1) is 11.7 Å². The molecule has 1 aliphatic heterocycles. The fourth-order valence-corrected chi connectivity index (χ4v) is 5.63. The second-order valence-electron chi connectivity index (χ2n) is 7.74. The Bertz CT molecular complexity index is 423. The Balaban J connectivity index is 1.58. The Kier molecular flexibility index (Phi) is 3.53. The number of thioether (sulfide) groups is 1. The Morgan fingerprint density at radius 3 is 2.38 bits per heavy atom. The number of nitrogens with one attached hydrogen (secondary N) is 1. The molecular formula is C17H28N2OS. The molecule has 4 aliphatic rings. The van der Waals surface area contributed by atoms with Gasteiger partial charge in [-0.2, -0.15) is 11.8 Å². The summed E-state index contributed by atoms with van der Waals surface area (Å²) in [5.74, 6) is 1.14. The topological polar surface area (TPSA) is 32.3 Å². The number of nitrogens with zero attached hydrogens (tertiary/aromatic N) is 1. The van der Waals surface area contributed by atoms with Crippen molar-refractivity contribution in [3.8, 4) is 0 Å². The summed E-state index contributed by atoms with van der Waals surface area (Å²) in [6, 6.07) is 0. The summed E-state index contributed by atoms with van der Waals surface area (Å²) in [6.07, 6.45) is 15.0. The molecule has 0 bridgehead atoms. The highest BCUT2D eigenvalue weighted by Gasteiger charge is 2.57. The second kappa shape index (κ2) is 5.16. The number of hydrogen-bond acceptors (Lipinski definition) is 3. The predicted molar refractivity (Wildman–Crippen MR) is 87.3 cm³/mol. The maximum Gasteiger partial charge on any atom is 0.244 e. The van der Waals surface area contributed by atoms with E-state index in [1.807, 2.05) is 11.8 Å². The molecule has 1 spiro atoms. The molecule has 1 N–H and O–H groups in total. The molecule has 118 valence electrons.